The second-order valence-corrected chi connectivity index (χ2v) is 4.44. The van der Waals surface area contributed by atoms with Gasteiger partial charge in [0, 0.05) is 18.7 Å². The lowest BCUT2D eigenvalue weighted by Crippen LogP contribution is -2.30. The van der Waals surface area contributed by atoms with E-state index < -0.39 is 11.9 Å². The number of carboxylic acids is 1. The zero-order valence-corrected chi connectivity index (χ0v) is 11.1. The average molecular weight is 274 g/mol. The van der Waals surface area contributed by atoms with Gasteiger partial charge in [0.25, 0.3) is 5.91 Å². The Bertz CT molecular complexity index is 469. The third kappa shape index (κ3) is 2.67. The molecule has 0 saturated carbocycles. The van der Waals surface area contributed by atoms with Gasteiger partial charge in [0.15, 0.2) is 5.76 Å². The quantitative estimate of drug-likeness (QED) is 0.893. The molecule has 1 aromatic heterocycles. The number of hydrogen-bond donors (Lipinski definition) is 1. The third-order valence-corrected chi connectivity index (χ3v) is 3.06. The summed E-state index contributed by atoms with van der Waals surface area (Å²) in [5.74, 6) is -0.476. The van der Waals surface area contributed by atoms with Gasteiger partial charge in [-0.15, -0.1) is 12.4 Å². The molecule has 0 spiro atoms. The van der Waals surface area contributed by atoms with Crippen LogP contribution in [0.25, 0.3) is 0 Å². The van der Waals surface area contributed by atoms with Crippen molar-refractivity contribution < 1.29 is 19.1 Å². The van der Waals surface area contributed by atoms with E-state index in [1.807, 2.05) is 6.92 Å². The molecule has 5 nitrogen and oxygen atoms in total. The minimum absolute atomic E-state index is 0. The van der Waals surface area contributed by atoms with Crippen molar-refractivity contribution in [1.82, 2.24) is 4.90 Å². The van der Waals surface area contributed by atoms with Crippen LogP contribution in [0.15, 0.2) is 10.5 Å². The van der Waals surface area contributed by atoms with Crippen molar-refractivity contribution in [3.63, 3.8) is 0 Å². The van der Waals surface area contributed by atoms with E-state index in [1.54, 1.807) is 17.9 Å². The zero-order valence-electron chi connectivity index (χ0n) is 10.3. The molecule has 1 N–H and O–H groups in total. The van der Waals surface area contributed by atoms with E-state index in [0.29, 0.717) is 24.5 Å². The molecule has 1 aliphatic rings. The normalized spacial score (nSPS) is 18.6. The molecule has 2 rings (SSSR count). The largest absolute Gasteiger partial charge is 0.481 e. The highest BCUT2D eigenvalue weighted by atomic mass is 35.5. The molecule has 18 heavy (non-hydrogen) atoms. The van der Waals surface area contributed by atoms with E-state index in [2.05, 4.69) is 0 Å². The van der Waals surface area contributed by atoms with Gasteiger partial charge >= 0.3 is 5.97 Å². The molecule has 2 heterocycles. The number of rotatable bonds is 2. The van der Waals surface area contributed by atoms with Crippen LogP contribution in [0.5, 0.6) is 0 Å². The fraction of sp³-hybridized carbons (Fsp3) is 0.500. The molecule has 0 bridgehead atoms. The topological polar surface area (TPSA) is 70.8 Å². The predicted molar refractivity (Wildman–Crippen MR) is 67.1 cm³/mol. The molecule has 0 aliphatic carbocycles. The van der Waals surface area contributed by atoms with E-state index in [-0.39, 0.29) is 24.9 Å². The summed E-state index contributed by atoms with van der Waals surface area (Å²) in [4.78, 5) is 24.5. The molecule has 1 fully saturated rings. The van der Waals surface area contributed by atoms with Crippen molar-refractivity contribution in [3.8, 4) is 0 Å². The van der Waals surface area contributed by atoms with Crippen LogP contribution in [-0.2, 0) is 4.79 Å². The van der Waals surface area contributed by atoms with Gasteiger partial charge in [-0.05, 0) is 26.3 Å². The fourth-order valence-corrected chi connectivity index (χ4v) is 2.14. The van der Waals surface area contributed by atoms with Gasteiger partial charge in [0.2, 0.25) is 0 Å². The summed E-state index contributed by atoms with van der Waals surface area (Å²) in [5, 5.41) is 8.88. The molecular formula is C12H16ClNO4. The predicted octanol–water partition coefficient (Wildman–Crippen LogP) is 1.86. The molecule has 6 heteroatoms. The number of carbonyl (C=O) groups is 2. The second kappa shape index (κ2) is 5.44. The SMILES string of the molecule is Cc1cc(C)c(C(=O)N2CCC(C(=O)O)C2)o1.Cl. The molecule has 1 saturated heterocycles. The molecule has 100 valence electrons. The Labute approximate surface area is 111 Å². The number of halogens is 1. The van der Waals surface area contributed by atoms with Crippen LogP contribution in [0.2, 0.25) is 0 Å². The van der Waals surface area contributed by atoms with E-state index in [1.165, 1.54) is 0 Å². The summed E-state index contributed by atoms with van der Waals surface area (Å²) in [6.07, 6.45) is 0.514. The number of aliphatic carboxylic acids is 1. The van der Waals surface area contributed by atoms with Gasteiger partial charge in [-0.1, -0.05) is 0 Å². The lowest BCUT2D eigenvalue weighted by atomic mass is 10.1. The second-order valence-electron chi connectivity index (χ2n) is 4.44. The maximum Gasteiger partial charge on any atom is 0.308 e. The minimum atomic E-state index is -0.840. The molecule has 1 aliphatic heterocycles. The van der Waals surface area contributed by atoms with Crippen LogP contribution in [0.1, 0.15) is 28.3 Å². The number of likely N-dealkylation sites (tertiary alicyclic amines) is 1. The van der Waals surface area contributed by atoms with Gasteiger partial charge in [-0.3, -0.25) is 9.59 Å². The van der Waals surface area contributed by atoms with Gasteiger partial charge in [0.05, 0.1) is 5.92 Å². The number of nitrogens with zero attached hydrogens (tertiary/aromatic N) is 1. The van der Waals surface area contributed by atoms with Crippen molar-refractivity contribution in [3.05, 3.63) is 23.2 Å². The Kier molecular flexibility index (Phi) is 4.40. The Balaban J connectivity index is 0.00000162. The van der Waals surface area contributed by atoms with Crippen LogP contribution in [0.4, 0.5) is 0 Å². The maximum absolute atomic E-state index is 12.1. The maximum atomic E-state index is 12.1. The number of aryl methyl sites for hydroxylation is 2. The van der Waals surface area contributed by atoms with Gasteiger partial charge in [-0.2, -0.15) is 0 Å². The Hall–Kier alpha value is -1.49. The monoisotopic (exact) mass is 273 g/mol. The summed E-state index contributed by atoms with van der Waals surface area (Å²) < 4.78 is 5.35. The molecule has 1 atom stereocenters. The van der Waals surface area contributed by atoms with Crippen molar-refractivity contribution >= 4 is 24.3 Å². The lowest BCUT2D eigenvalue weighted by molar-refractivity contribution is -0.141. The Morgan fingerprint density at radius 2 is 2.11 bits per heavy atom. The van der Waals surface area contributed by atoms with Crippen molar-refractivity contribution in [2.75, 3.05) is 13.1 Å². The molecule has 0 aromatic carbocycles. The zero-order chi connectivity index (χ0) is 12.6. The molecule has 1 amide bonds. The summed E-state index contributed by atoms with van der Waals surface area (Å²) in [6.45, 7) is 4.35. The third-order valence-electron chi connectivity index (χ3n) is 3.06. The van der Waals surface area contributed by atoms with Gasteiger partial charge < -0.3 is 14.4 Å². The van der Waals surface area contributed by atoms with Crippen molar-refractivity contribution in [1.29, 1.82) is 0 Å². The fourth-order valence-electron chi connectivity index (χ4n) is 2.14. The van der Waals surface area contributed by atoms with E-state index in [4.69, 9.17) is 9.52 Å². The number of carboxylic acid groups (broad SMARTS) is 1. The van der Waals surface area contributed by atoms with Crippen LogP contribution < -0.4 is 0 Å². The van der Waals surface area contributed by atoms with Crippen LogP contribution in [-0.4, -0.2) is 35.0 Å². The highest BCUT2D eigenvalue weighted by Crippen LogP contribution is 2.22. The first-order valence-corrected chi connectivity index (χ1v) is 5.58. The Morgan fingerprint density at radius 1 is 1.44 bits per heavy atom. The van der Waals surface area contributed by atoms with Crippen LogP contribution in [0.3, 0.4) is 0 Å². The van der Waals surface area contributed by atoms with E-state index >= 15 is 0 Å². The number of amides is 1. The van der Waals surface area contributed by atoms with Crippen LogP contribution >= 0.6 is 12.4 Å². The van der Waals surface area contributed by atoms with Crippen LogP contribution in [0, 0.1) is 19.8 Å². The summed E-state index contributed by atoms with van der Waals surface area (Å²) in [7, 11) is 0. The van der Waals surface area contributed by atoms with Gasteiger partial charge in [-0.25, -0.2) is 0 Å². The lowest BCUT2D eigenvalue weighted by Gasteiger charge is -2.14. The average Bonchev–Trinajstić information content (AvgIpc) is 2.84. The number of carbonyl (C=O) groups excluding carboxylic acids is 1. The summed E-state index contributed by atoms with van der Waals surface area (Å²) in [6, 6.07) is 1.80. The highest BCUT2D eigenvalue weighted by molar-refractivity contribution is 5.93. The molecule has 1 unspecified atom stereocenters. The van der Waals surface area contributed by atoms with Gasteiger partial charge in [0.1, 0.15) is 5.76 Å². The Morgan fingerprint density at radius 3 is 2.56 bits per heavy atom. The standard InChI is InChI=1S/C12H15NO4.ClH/c1-7-5-8(2)17-10(7)11(14)13-4-3-9(6-13)12(15)16;/h5,9H,3-4,6H2,1-2H3,(H,15,16);1H. The molecule has 0 radical (unpaired) electrons. The van der Waals surface area contributed by atoms with E-state index in [0.717, 1.165) is 5.56 Å². The number of hydrogen-bond acceptors (Lipinski definition) is 3. The molecule has 1 aromatic rings. The first kappa shape index (κ1) is 14.6. The first-order chi connectivity index (χ1) is 7.99. The number of furan rings is 1. The van der Waals surface area contributed by atoms with Crippen molar-refractivity contribution in [2.24, 2.45) is 5.92 Å². The smallest absolute Gasteiger partial charge is 0.308 e. The van der Waals surface area contributed by atoms with E-state index in [9.17, 15) is 9.59 Å². The molecular weight excluding hydrogens is 258 g/mol. The first-order valence-electron chi connectivity index (χ1n) is 5.58. The summed E-state index contributed by atoms with van der Waals surface area (Å²) in [5.41, 5.74) is 0.797. The summed E-state index contributed by atoms with van der Waals surface area (Å²) >= 11 is 0. The van der Waals surface area contributed by atoms with Crippen molar-refractivity contribution in [2.45, 2.75) is 20.3 Å². The highest BCUT2D eigenvalue weighted by Gasteiger charge is 2.32. The minimum Gasteiger partial charge on any atom is -0.481 e.